The number of hydrogen-bond donors (Lipinski definition) is 3. The van der Waals surface area contributed by atoms with Crippen molar-refractivity contribution in [2.45, 2.75) is 244 Å². The Morgan fingerprint density at radius 1 is 0.422 bits per heavy atom. The average Bonchev–Trinajstić information content (AvgIpc) is 3.05. The van der Waals surface area contributed by atoms with Crippen molar-refractivity contribution in [2.75, 3.05) is 13.2 Å². The summed E-state index contributed by atoms with van der Waals surface area (Å²) >= 11 is 0. The molecule has 0 radical (unpaired) electrons. The highest BCUT2D eigenvalue weighted by Crippen LogP contribution is 2.16. The van der Waals surface area contributed by atoms with Crippen LogP contribution in [0.4, 0.5) is 0 Å². The average molecular weight is 636 g/mol. The number of rotatable bonds is 39. The molecule has 0 aliphatic rings. The van der Waals surface area contributed by atoms with Gasteiger partial charge in [0, 0.05) is 0 Å². The van der Waals surface area contributed by atoms with Crippen molar-refractivity contribution in [1.82, 2.24) is 5.32 Å². The lowest BCUT2D eigenvalue weighted by atomic mass is 10.0. The van der Waals surface area contributed by atoms with E-state index in [4.69, 9.17) is 0 Å². The van der Waals surface area contributed by atoms with Gasteiger partial charge in [-0.1, -0.05) is 225 Å². The Hall–Kier alpha value is -0.380. The molecule has 3 nitrogen and oxygen atoms in total. The minimum atomic E-state index is -0.595. The molecule has 0 unspecified atom stereocenters. The number of hydrogen-bond acceptors (Lipinski definition) is 3. The Balaban J connectivity index is 3.38. The highest BCUT2D eigenvalue weighted by atomic mass is 16.3. The van der Waals surface area contributed by atoms with Crippen LogP contribution in [0.1, 0.15) is 232 Å². The van der Waals surface area contributed by atoms with Gasteiger partial charge in [0.25, 0.3) is 0 Å². The van der Waals surface area contributed by atoms with Crippen LogP contribution in [-0.2, 0) is 0 Å². The molecule has 0 aliphatic carbocycles. The van der Waals surface area contributed by atoms with Gasteiger partial charge in [0.1, 0.15) is 0 Å². The van der Waals surface area contributed by atoms with Crippen molar-refractivity contribution in [3.05, 3.63) is 12.2 Å². The van der Waals surface area contributed by atoms with Crippen LogP contribution in [0.25, 0.3) is 0 Å². The normalized spacial score (nSPS) is 13.2. The summed E-state index contributed by atoms with van der Waals surface area (Å²) in [5.41, 5.74) is 0. The summed E-state index contributed by atoms with van der Waals surface area (Å²) in [4.78, 5) is 0. The van der Waals surface area contributed by atoms with Crippen LogP contribution in [0.5, 0.6) is 0 Å². The molecule has 3 N–H and O–H groups in total. The quantitative estimate of drug-likeness (QED) is 0.0465. The lowest BCUT2D eigenvalue weighted by Crippen LogP contribution is -2.42. The van der Waals surface area contributed by atoms with Gasteiger partial charge >= 0.3 is 0 Å². The Morgan fingerprint density at radius 3 is 1.02 bits per heavy atom. The van der Waals surface area contributed by atoms with E-state index in [0.29, 0.717) is 0 Å². The van der Waals surface area contributed by atoms with Gasteiger partial charge in [0.15, 0.2) is 0 Å². The maximum atomic E-state index is 10.5. The van der Waals surface area contributed by atoms with E-state index < -0.39 is 6.10 Å². The minimum Gasteiger partial charge on any atom is -0.395 e. The Kier molecular flexibility index (Phi) is 39.5. The molecular formula is C42H85NO2. The molecule has 0 aromatic carbocycles. The summed E-state index contributed by atoms with van der Waals surface area (Å²) < 4.78 is 0. The molecule has 0 saturated heterocycles. The van der Waals surface area contributed by atoms with E-state index in [2.05, 4.69) is 25.2 Å². The van der Waals surface area contributed by atoms with Gasteiger partial charge < -0.3 is 15.5 Å². The number of nitrogens with one attached hydrogen (secondary N) is 1. The van der Waals surface area contributed by atoms with Crippen molar-refractivity contribution < 1.29 is 10.2 Å². The first-order valence-electron chi connectivity index (χ1n) is 20.9. The van der Waals surface area contributed by atoms with E-state index in [1.54, 1.807) is 0 Å². The van der Waals surface area contributed by atoms with E-state index in [-0.39, 0.29) is 12.6 Å². The smallest absolute Gasteiger partial charge is 0.0896 e. The van der Waals surface area contributed by atoms with Crippen molar-refractivity contribution in [2.24, 2.45) is 0 Å². The fraction of sp³-hybridized carbons (Fsp3) is 0.952. The molecule has 2 atom stereocenters. The van der Waals surface area contributed by atoms with Crippen molar-refractivity contribution >= 4 is 0 Å². The summed E-state index contributed by atoms with van der Waals surface area (Å²) in [7, 11) is 0. The number of aliphatic hydroxyl groups excluding tert-OH is 2. The maximum absolute atomic E-state index is 10.5. The van der Waals surface area contributed by atoms with Crippen LogP contribution in [0.15, 0.2) is 12.2 Å². The third-order valence-electron chi connectivity index (χ3n) is 9.85. The maximum Gasteiger partial charge on any atom is 0.0896 e. The first kappa shape index (κ1) is 44.6. The van der Waals surface area contributed by atoms with Gasteiger partial charge in [-0.15, -0.1) is 0 Å². The van der Waals surface area contributed by atoms with Crippen LogP contribution < -0.4 is 5.32 Å². The third-order valence-corrected chi connectivity index (χ3v) is 9.85. The zero-order valence-corrected chi connectivity index (χ0v) is 31.2. The van der Waals surface area contributed by atoms with Crippen molar-refractivity contribution in [1.29, 1.82) is 0 Å². The molecule has 3 heteroatoms. The van der Waals surface area contributed by atoms with E-state index in [1.165, 1.54) is 205 Å². The molecule has 0 bridgehead atoms. The van der Waals surface area contributed by atoms with Crippen LogP contribution in [0.2, 0.25) is 0 Å². The number of unbranched alkanes of at least 4 members (excludes halogenated alkanes) is 32. The minimum absolute atomic E-state index is 0.0107. The van der Waals surface area contributed by atoms with Gasteiger partial charge in [0.05, 0.1) is 18.8 Å². The van der Waals surface area contributed by atoms with Gasteiger partial charge in [-0.05, 0) is 25.8 Å². The van der Waals surface area contributed by atoms with Crippen LogP contribution in [-0.4, -0.2) is 35.5 Å². The van der Waals surface area contributed by atoms with Crippen molar-refractivity contribution in [3.8, 4) is 0 Å². The number of allylic oxidation sites excluding steroid dienone is 1. The van der Waals surface area contributed by atoms with E-state index in [1.807, 2.05) is 6.08 Å². The highest BCUT2D eigenvalue weighted by molar-refractivity contribution is 4.94. The molecule has 0 aromatic heterocycles. The molecule has 0 spiro atoms. The van der Waals surface area contributed by atoms with Crippen LogP contribution in [0.3, 0.4) is 0 Å². The summed E-state index contributed by atoms with van der Waals surface area (Å²) in [6, 6.07) is -0.242. The third kappa shape index (κ3) is 36.3. The second-order valence-electron chi connectivity index (χ2n) is 14.4. The highest BCUT2D eigenvalue weighted by Gasteiger charge is 2.14. The summed E-state index contributed by atoms with van der Waals surface area (Å²) in [6.45, 7) is 5.45. The predicted octanol–water partition coefficient (Wildman–Crippen LogP) is 13.2. The van der Waals surface area contributed by atoms with E-state index >= 15 is 0 Å². The van der Waals surface area contributed by atoms with Gasteiger partial charge in [-0.2, -0.15) is 0 Å². The lowest BCUT2D eigenvalue weighted by Gasteiger charge is -2.19. The van der Waals surface area contributed by atoms with Crippen LogP contribution in [0, 0.1) is 0 Å². The molecule has 0 amide bonds. The molecule has 0 aromatic rings. The molecule has 0 saturated carbocycles. The van der Waals surface area contributed by atoms with Crippen LogP contribution >= 0.6 is 0 Å². The first-order valence-corrected chi connectivity index (χ1v) is 20.9. The van der Waals surface area contributed by atoms with Gasteiger partial charge in [0.2, 0.25) is 0 Å². The molecule has 0 rings (SSSR count). The second kappa shape index (κ2) is 39.8. The second-order valence-corrected chi connectivity index (χ2v) is 14.4. The fourth-order valence-electron chi connectivity index (χ4n) is 6.61. The Labute approximate surface area is 284 Å². The molecule has 0 heterocycles. The molecule has 45 heavy (non-hydrogen) atoms. The molecule has 0 aliphatic heterocycles. The van der Waals surface area contributed by atoms with E-state index in [9.17, 15) is 10.2 Å². The Morgan fingerprint density at radius 2 is 0.711 bits per heavy atom. The predicted molar refractivity (Wildman–Crippen MR) is 202 cm³/mol. The summed E-state index contributed by atoms with van der Waals surface area (Å²) in [5.74, 6) is 0. The zero-order chi connectivity index (χ0) is 32.7. The van der Waals surface area contributed by atoms with Gasteiger partial charge in [-0.3, -0.25) is 0 Å². The standard InChI is InChI=1S/C42H85NO2/c1-3-5-7-9-11-13-15-17-18-19-20-21-22-23-24-25-27-29-31-33-35-37-39-43-41(40-44)42(45)38-36-34-32-30-28-26-16-14-12-10-8-6-4-2/h36,38,41-45H,3-35,37,39-40H2,1-2H3/b38-36+/t41-,42+/m0/s1. The summed E-state index contributed by atoms with van der Waals surface area (Å²) in [5, 5.41) is 23.6. The SMILES string of the molecule is CCCCCCCCCCCCC/C=C/[C@@H](O)[C@H](CO)NCCCCCCCCCCCCCCCCCCCCCCCC. The van der Waals surface area contributed by atoms with E-state index in [0.717, 1.165) is 19.4 Å². The topological polar surface area (TPSA) is 52.5 Å². The zero-order valence-electron chi connectivity index (χ0n) is 31.2. The summed E-state index contributed by atoms with van der Waals surface area (Å²) in [6.07, 6.45) is 50.4. The van der Waals surface area contributed by atoms with Gasteiger partial charge in [-0.25, -0.2) is 0 Å². The number of aliphatic hydroxyl groups is 2. The monoisotopic (exact) mass is 636 g/mol. The molecule has 270 valence electrons. The fourth-order valence-corrected chi connectivity index (χ4v) is 6.61. The molecular weight excluding hydrogens is 550 g/mol. The largest absolute Gasteiger partial charge is 0.395 e. The lowest BCUT2D eigenvalue weighted by molar-refractivity contribution is 0.123. The first-order chi connectivity index (χ1) is 22.3. The Bertz CT molecular complexity index is 551. The molecule has 0 fully saturated rings. The van der Waals surface area contributed by atoms with Crippen molar-refractivity contribution in [3.63, 3.8) is 0 Å².